The van der Waals surface area contributed by atoms with Crippen LogP contribution in [-0.2, 0) is 6.42 Å². The van der Waals surface area contributed by atoms with Crippen molar-refractivity contribution in [1.29, 1.82) is 0 Å². The highest BCUT2D eigenvalue weighted by molar-refractivity contribution is 7.18. The number of guanidine groups is 1. The SMILES string of the molecule is CCNC(=NCCCc1nc2ccccc2s1)N1CCN(c2ccccc2O)CC1. The maximum atomic E-state index is 10.1. The Hall–Kier alpha value is -2.80. The summed E-state index contributed by atoms with van der Waals surface area (Å²) in [5.74, 6) is 1.33. The number of rotatable bonds is 6. The number of phenols is 1. The summed E-state index contributed by atoms with van der Waals surface area (Å²) in [6.07, 6.45) is 1.95. The van der Waals surface area contributed by atoms with Crippen molar-refractivity contribution >= 4 is 33.2 Å². The van der Waals surface area contributed by atoms with Gasteiger partial charge in [-0.05, 0) is 37.6 Å². The zero-order valence-electron chi connectivity index (χ0n) is 17.4. The normalized spacial score (nSPS) is 15.0. The van der Waals surface area contributed by atoms with Crippen molar-refractivity contribution < 1.29 is 5.11 Å². The van der Waals surface area contributed by atoms with Gasteiger partial charge in [0.1, 0.15) is 5.75 Å². The van der Waals surface area contributed by atoms with Gasteiger partial charge < -0.3 is 20.2 Å². The van der Waals surface area contributed by atoms with E-state index in [4.69, 9.17) is 9.98 Å². The molecule has 1 saturated heterocycles. The number of hydrogen-bond acceptors (Lipinski definition) is 5. The second-order valence-corrected chi connectivity index (χ2v) is 8.49. The smallest absolute Gasteiger partial charge is 0.194 e. The van der Waals surface area contributed by atoms with Crippen molar-refractivity contribution in [2.24, 2.45) is 4.99 Å². The molecule has 30 heavy (non-hydrogen) atoms. The minimum atomic E-state index is 0.348. The molecule has 2 N–H and O–H groups in total. The monoisotopic (exact) mass is 423 g/mol. The van der Waals surface area contributed by atoms with Crippen LogP contribution in [0, 0.1) is 0 Å². The standard InChI is InChI=1S/C23H29N5OS/c1-2-24-23(25-13-7-12-22-26-18-8-3-6-11-21(18)30-22)28-16-14-27(15-17-28)19-9-4-5-10-20(19)29/h3-6,8-11,29H,2,7,12-17H2,1H3,(H,24,25). The van der Waals surface area contributed by atoms with Crippen LogP contribution >= 0.6 is 11.3 Å². The number of aromatic nitrogens is 1. The summed E-state index contributed by atoms with van der Waals surface area (Å²) in [4.78, 5) is 14.1. The Balaban J connectivity index is 1.31. The number of benzene rings is 2. The van der Waals surface area contributed by atoms with Crippen molar-refractivity contribution in [3.63, 3.8) is 0 Å². The van der Waals surface area contributed by atoms with Crippen molar-refractivity contribution in [2.75, 3.05) is 44.2 Å². The molecule has 6 nitrogen and oxygen atoms in total. The van der Waals surface area contributed by atoms with Gasteiger partial charge in [0.15, 0.2) is 5.96 Å². The maximum absolute atomic E-state index is 10.1. The van der Waals surface area contributed by atoms with Gasteiger partial charge in [-0.2, -0.15) is 0 Å². The van der Waals surface area contributed by atoms with E-state index in [9.17, 15) is 5.11 Å². The average Bonchev–Trinajstić information content (AvgIpc) is 3.19. The molecule has 1 fully saturated rings. The van der Waals surface area contributed by atoms with Crippen LogP contribution in [0.2, 0.25) is 0 Å². The second kappa shape index (κ2) is 9.80. The number of aromatic hydroxyl groups is 1. The van der Waals surface area contributed by atoms with Crippen LogP contribution in [0.1, 0.15) is 18.4 Å². The number of thiazole rings is 1. The largest absolute Gasteiger partial charge is 0.506 e. The van der Waals surface area contributed by atoms with Crippen LogP contribution in [0.15, 0.2) is 53.5 Å². The number of anilines is 1. The molecule has 7 heteroatoms. The zero-order valence-corrected chi connectivity index (χ0v) is 18.2. The summed E-state index contributed by atoms with van der Waals surface area (Å²) in [6.45, 7) is 7.26. The molecular formula is C23H29N5OS. The van der Waals surface area contributed by atoms with E-state index in [0.717, 1.165) is 69.3 Å². The third-order valence-electron chi connectivity index (χ3n) is 5.29. The van der Waals surface area contributed by atoms with Gasteiger partial charge in [-0.3, -0.25) is 4.99 Å². The Morgan fingerprint density at radius 3 is 2.63 bits per heavy atom. The number of piperazine rings is 1. The number of phenolic OH excluding ortho intramolecular Hbond substituents is 1. The molecule has 0 amide bonds. The van der Waals surface area contributed by atoms with E-state index in [0.29, 0.717) is 5.75 Å². The predicted molar refractivity (Wildman–Crippen MR) is 126 cm³/mol. The molecule has 1 aliphatic heterocycles. The van der Waals surface area contributed by atoms with E-state index in [1.165, 1.54) is 9.71 Å². The average molecular weight is 424 g/mol. The minimum Gasteiger partial charge on any atom is -0.506 e. The lowest BCUT2D eigenvalue weighted by Gasteiger charge is -2.37. The maximum Gasteiger partial charge on any atom is 0.194 e. The fraction of sp³-hybridized carbons (Fsp3) is 0.391. The van der Waals surface area contributed by atoms with Gasteiger partial charge >= 0.3 is 0 Å². The minimum absolute atomic E-state index is 0.348. The van der Waals surface area contributed by atoms with Crippen LogP contribution in [0.3, 0.4) is 0 Å². The lowest BCUT2D eigenvalue weighted by molar-refractivity contribution is 0.370. The topological polar surface area (TPSA) is 64.0 Å². The summed E-state index contributed by atoms with van der Waals surface area (Å²) >= 11 is 1.78. The number of para-hydroxylation sites is 3. The number of aliphatic imine (C=N–C) groups is 1. The summed E-state index contributed by atoms with van der Waals surface area (Å²) in [7, 11) is 0. The van der Waals surface area contributed by atoms with E-state index in [1.807, 2.05) is 24.3 Å². The second-order valence-electron chi connectivity index (χ2n) is 7.38. The predicted octanol–water partition coefficient (Wildman–Crippen LogP) is 3.72. The van der Waals surface area contributed by atoms with Gasteiger partial charge in [0.25, 0.3) is 0 Å². The Morgan fingerprint density at radius 1 is 1.10 bits per heavy atom. The summed E-state index contributed by atoms with van der Waals surface area (Å²) in [5, 5.41) is 14.7. The highest BCUT2D eigenvalue weighted by Gasteiger charge is 2.21. The Labute approximate surface area is 181 Å². The van der Waals surface area contributed by atoms with Crippen LogP contribution in [-0.4, -0.2) is 60.2 Å². The molecule has 4 rings (SSSR count). The number of nitrogens with one attached hydrogen (secondary N) is 1. The van der Waals surface area contributed by atoms with Crippen LogP contribution in [0.25, 0.3) is 10.2 Å². The molecule has 0 unspecified atom stereocenters. The molecule has 0 radical (unpaired) electrons. The molecule has 1 aliphatic rings. The first-order chi connectivity index (χ1) is 14.7. The summed E-state index contributed by atoms with van der Waals surface area (Å²) < 4.78 is 1.26. The molecule has 0 saturated carbocycles. The third-order valence-corrected chi connectivity index (χ3v) is 6.38. The summed E-state index contributed by atoms with van der Waals surface area (Å²) in [5.41, 5.74) is 2.01. The number of hydrogen-bond donors (Lipinski definition) is 2. The summed E-state index contributed by atoms with van der Waals surface area (Å²) in [6, 6.07) is 15.9. The molecule has 158 valence electrons. The Morgan fingerprint density at radius 2 is 1.87 bits per heavy atom. The van der Waals surface area contributed by atoms with E-state index in [-0.39, 0.29) is 0 Å². The number of aryl methyl sites for hydroxylation is 1. The Bertz CT molecular complexity index is 961. The van der Waals surface area contributed by atoms with Crippen molar-refractivity contribution in [1.82, 2.24) is 15.2 Å². The molecular weight excluding hydrogens is 394 g/mol. The van der Waals surface area contributed by atoms with Crippen molar-refractivity contribution in [3.8, 4) is 5.75 Å². The molecule has 3 aromatic rings. The van der Waals surface area contributed by atoms with Gasteiger partial charge in [-0.25, -0.2) is 4.98 Å². The third kappa shape index (κ3) is 4.84. The van der Waals surface area contributed by atoms with Gasteiger partial charge in [-0.15, -0.1) is 11.3 Å². The highest BCUT2D eigenvalue weighted by Crippen LogP contribution is 2.27. The first-order valence-electron chi connectivity index (χ1n) is 10.6. The molecule has 0 spiro atoms. The van der Waals surface area contributed by atoms with Gasteiger partial charge in [0.05, 0.1) is 20.9 Å². The first-order valence-corrected chi connectivity index (χ1v) is 11.5. The number of fused-ring (bicyclic) bond motifs is 1. The van der Waals surface area contributed by atoms with E-state index >= 15 is 0 Å². The van der Waals surface area contributed by atoms with E-state index in [2.05, 4.69) is 40.2 Å². The fourth-order valence-corrected chi connectivity index (χ4v) is 4.77. The van der Waals surface area contributed by atoms with Gasteiger partial charge in [0, 0.05) is 45.7 Å². The van der Waals surface area contributed by atoms with Gasteiger partial charge in [-0.1, -0.05) is 24.3 Å². The molecule has 1 aromatic heterocycles. The molecule has 2 heterocycles. The number of nitrogens with zero attached hydrogens (tertiary/aromatic N) is 4. The lowest BCUT2D eigenvalue weighted by atomic mass is 10.2. The van der Waals surface area contributed by atoms with E-state index < -0.39 is 0 Å². The zero-order chi connectivity index (χ0) is 20.8. The molecule has 0 atom stereocenters. The van der Waals surface area contributed by atoms with Crippen molar-refractivity contribution in [3.05, 3.63) is 53.5 Å². The lowest BCUT2D eigenvalue weighted by Crippen LogP contribution is -2.52. The van der Waals surface area contributed by atoms with Crippen LogP contribution < -0.4 is 10.2 Å². The van der Waals surface area contributed by atoms with Gasteiger partial charge in [0.2, 0.25) is 0 Å². The van der Waals surface area contributed by atoms with Crippen LogP contribution in [0.5, 0.6) is 5.75 Å². The van der Waals surface area contributed by atoms with Crippen LogP contribution in [0.4, 0.5) is 5.69 Å². The first kappa shape index (κ1) is 20.5. The quantitative estimate of drug-likeness (QED) is 0.359. The highest BCUT2D eigenvalue weighted by atomic mass is 32.1. The van der Waals surface area contributed by atoms with Crippen molar-refractivity contribution in [2.45, 2.75) is 19.8 Å². The molecule has 2 aromatic carbocycles. The molecule has 0 aliphatic carbocycles. The molecule has 0 bridgehead atoms. The van der Waals surface area contributed by atoms with E-state index in [1.54, 1.807) is 17.4 Å². The fourth-order valence-electron chi connectivity index (χ4n) is 3.76. The Kier molecular flexibility index (Phi) is 6.69.